The molecule has 0 bridgehead atoms. The Labute approximate surface area is 163 Å². The van der Waals surface area contributed by atoms with Crippen molar-refractivity contribution < 1.29 is 14.1 Å². The number of thioether (sulfide) groups is 1. The zero-order chi connectivity index (χ0) is 19.2. The fraction of sp³-hybridized carbons (Fsp3) is 0.526. The monoisotopic (exact) mass is 390 g/mol. The van der Waals surface area contributed by atoms with Crippen LogP contribution in [-0.2, 0) is 10.5 Å². The number of carbonyl (C=O) groups excluding carboxylic acids is 1. The summed E-state index contributed by atoms with van der Waals surface area (Å²) in [6.07, 6.45) is 2.71. The molecule has 1 saturated heterocycles. The second-order valence-electron chi connectivity index (χ2n) is 6.82. The molecular weight excluding hydrogens is 364 g/mol. The van der Waals surface area contributed by atoms with Gasteiger partial charge in [0.2, 0.25) is 17.6 Å². The summed E-state index contributed by atoms with van der Waals surface area (Å²) in [5.41, 5.74) is 0.740. The van der Waals surface area contributed by atoms with Crippen LogP contribution in [0.25, 0.3) is 11.4 Å². The molecule has 2 atom stereocenters. The summed E-state index contributed by atoms with van der Waals surface area (Å²) in [4.78, 5) is 16.3. The van der Waals surface area contributed by atoms with Crippen LogP contribution >= 0.6 is 11.8 Å². The zero-order valence-corrected chi connectivity index (χ0v) is 16.7. The average molecular weight is 391 g/mol. The van der Waals surface area contributed by atoms with E-state index in [2.05, 4.69) is 27.7 Å². The van der Waals surface area contributed by atoms with E-state index in [-0.39, 0.29) is 23.6 Å². The molecule has 146 valence electrons. The lowest BCUT2D eigenvalue weighted by molar-refractivity contribution is -0.123. The number of hydrogen-bond acceptors (Lipinski definition) is 7. The molecule has 2 unspecified atom stereocenters. The summed E-state index contributed by atoms with van der Waals surface area (Å²) in [5.74, 6) is 2.50. The van der Waals surface area contributed by atoms with Gasteiger partial charge in [0.25, 0.3) is 0 Å². The molecule has 2 heterocycles. The van der Waals surface area contributed by atoms with Gasteiger partial charge in [-0.1, -0.05) is 18.5 Å². The van der Waals surface area contributed by atoms with Crippen LogP contribution < -0.4 is 15.4 Å². The second-order valence-corrected chi connectivity index (χ2v) is 7.91. The summed E-state index contributed by atoms with van der Waals surface area (Å²) in [5, 5.41) is 10.4. The number of carbonyl (C=O) groups is 1. The van der Waals surface area contributed by atoms with E-state index in [9.17, 15) is 4.79 Å². The highest BCUT2D eigenvalue weighted by Crippen LogP contribution is 2.23. The number of nitrogens with zero attached hydrogens (tertiary/aromatic N) is 2. The fourth-order valence-corrected chi connectivity index (χ4v) is 3.84. The molecule has 1 fully saturated rings. The lowest BCUT2D eigenvalue weighted by Crippen LogP contribution is -2.54. The Hall–Kier alpha value is -2.06. The molecule has 27 heavy (non-hydrogen) atoms. The number of benzene rings is 1. The lowest BCUT2D eigenvalue weighted by Gasteiger charge is -2.30. The first kappa shape index (κ1) is 19.7. The van der Waals surface area contributed by atoms with E-state index in [1.807, 2.05) is 38.1 Å². The standard InChI is InChI=1S/C19H26N4O3S/c1-4-5-14-10-16(24)21-19(20-14)27-11-17-22-18(23-26-17)13-6-8-15(9-7-13)25-12(2)3/h6-9,12,14,19-20H,4-5,10-11H2,1-3H3,(H,21,24). The normalized spacial score (nSPS) is 19.9. The van der Waals surface area contributed by atoms with Gasteiger partial charge in [-0.15, -0.1) is 11.8 Å². The van der Waals surface area contributed by atoms with Gasteiger partial charge in [0, 0.05) is 18.0 Å². The van der Waals surface area contributed by atoms with Gasteiger partial charge < -0.3 is 14.6 Å². The molecule has 1 aromatic heterocycles. The van der Waals surface area contributed by atoms with Crippen LogP contribution in [0, 0.1) is 0 Å². The van der Waals surface area contributed by atoms with Gasteiger partial charge in [0.05, 0.1) is 11.9 Å². The van der Waals surface area contributed by atoms with Crippen LogP contribution in [0.2, 0.25) is 0 Å². The van der Waals surface area contributed by atoms with E-state index in [4.69, 9.17) is 9.26 Å². The number of amides is 1. The molecule has 1 aliphatic rings. The Kier molecular flexibility index (Phi) is 6.73. The molecule has 2 aromatic rings. The quantitative estimate of drug-likeness (QED) is 0.715. The van der Waals surface area contributed by atoms with Crippen molar-refractivity contribution in [2.75, 3.05) is 0 Å². The predicted octanol–water partition coefficient (Wildman–Crippen LogP) is 3.32. The Bertz CT molecular complexity index is 748. The van der Waals surface area contributed by atoms with Gasteiger partial charge in [0.15, 0.2) is 0 Å². The predicted molar refractivity (Wildman–Crippen MR) is 105 cm³/mol. The first-order chi connectivity index (χ1) is 13.0. The first-order valence-corrected chi connectivity index (χ1v) is 10.3. The number of hydrogen-bond donors (Lipinski definition) is 2. The molecule has 0 saturated carbocycles. The van der Waals surface area contributed by atoms with Crippen molar-refractivity contribution in [3.05, 3.63) is 30.2 Å². The van der Waals surface area contributed by atoms with E-state index in [0.717, 1.165) is 24.2 Å². The number of ether oxygens (including phenoxy) is 1. The smallest absolute Gasteiger partial charge is 0.237 e. The van der Waals surface area contributed by atoms with Crippen molar-refractivity contribution in [1.82, 2.24) is 20.8 Å². The maximum absolute atomic E-state index is 11.8. The Morgan fingerprint density at radius 3 is 2.81 bits per heavy atom. The van der Waals surface area contributed by atoms with Crippen LogP contribution in [0.5, 0.6) is 5.75 Å². The second kappa shape index (κ2) is 9.23. The van der Waals surface area contributed by atoms with Crippen LogP contribution in [0.4, 0.5) is 0 Å². The van der Waals surface area contributed by atoms with Crippen molar-refractivity contribution in [3.63, 3.8) is 0 Å². The van der Waals surface area contributed by atoms with E-state index >= 15 is 0 Å². The highest BCUT2D eigenvalue weighted by molar-refractivity contribution is 7.99. The van der Waals surface area contributed by atoms with Crippen molar-refractivity contribution in [1.29, 1.82) is 0 Å². The molecule has 2 N–H and O–H groups in total. The SMILES string of the molecule is CCCC1CC(=O)NC(SCc2nc(-c3ccc(OC(C)C)cc3)no2)N1. The number of nitrogens with one attached hydrogen (secondary N) is 2. The summed E-state index contributed by atoms with van der Waals surface area (Å²) >= 11 is 1.54. The van der Waals surface area contributed by atoms with Gasteiger partial charge in [-0.25, -0.2) is 0 Å². The molecule has 7 nitrogen and oxygen atoms in total. The lowest BCUT2D eigenvalue weighted by atomic mass is 10.1. The van der Waals surface area contributed by atoms with E-state index < -0.39 is 0 Å². The van der Waals surface area contributed by atoms with Crippen LogP contribution in [0.3, 0.4) is 0 Å². The highest BCUT2D eigenvalue weighted by atomic mass is 32.2. The van der Waals surface area contributed by atoms with Crippen molar-refractivity contribution in [2.45, 2.75) is 63.4 Å². The summed E-state index contributed by atoms with van der Waals surface area (Å²) in [6.45, 7) is 6.11. The van der Waals surface area contributed by atoms with Crippen molar-refractivity contribution in [2.24, 2.45) is 0 Å². The van der Waals surface area contributed by atoms with Crippen LogP contribution in [0.15, 0.2) is 28.8 Å². The largest absolute Gasteiger partial charge is 0.491 e. The molecule has 3 rings (SSSR count). The molecule has 1 amide bonds. The van der Waals surface area contributed by atoms with Gasteiger partial charge in [0.1, 0.15) is 11.2 Å². The van der Waals surface area contributed by atoms with Crippen molar-refractivity contribution in [3.8, 4) is 17.1 Å². The van der Waals surface area contributed by atoms with Gasteiger partial charge >= 0.3 is 0 Å². The maximum atomic E-state index is 11.8. The van der Waals surface area contributed by atoms with Gasteiger partial charge in [-0.3, -0.25) is 10.1 Å². The number of aromatic nitrogens is 2. The topological polar surface area (TPSA) is 89.3 Å². The minimum Gasteiger partial charge on any atom is -0.491 e. The Balaban J connectivity index is 1.55. The van der Waals surface area contributed by atoms with Crippen LogP contribution in [-0.4, -0.2) is 33.7 Å². The molecular formula is C19H26N4O3S. The third kappa shape index (κ3) is 5.71. The first-order valence-electron chi connectivity index (χ1n) is 9.30. The summed E-state index contributed by atoms with van der Waals surface area (Å²) in [6, 6.07) is 7.85. The third-order valence-corrected chi connectivity index (χ3v) is 5.07. The van der Waals surface area contributed by atoms with Gasteiger partial charge in [-0.2, -0.15) is 4.98 Å². The average Bonchev–Trinajstić information content (AvgIpc) is 3.09. The van der Waals surface area contributed by atoms with Crippen LogP contribution in [0.1, 0.15) is 45.9 Å². The molecule has 1 aromatic carbocycles. The van der Waals surface area contributed by atoms with E-state index in [1.165, 1.54) is 0 Å². The van der Waals surface area contributed by atoms with E-state index in [0.29, 0.717) is 23.9 Å². The minimum absolute atomic E-state index is 0.0830. The molecule has 8 heteroatoms. The Morgan fingerprint density at radius 1 is 1.33 bits per heavy atom. The highest BCUT2D eigenvalue weighted by Gasteiger charge is 2.25. The Morgan fingerprint density at radius 2 is 2.11 bits per heavy atom. The molecule has 0 aliphatic carbocycles. The summed E-state index contributed by atoms with van der Waals surface area (Å²) in [7, 11) is 0. The van der Waals surface area contributed by atoms with Crippen molar-refractivity contribution >= 4 is 17.7 Å². The minimum atomic E-state index is -0.134. The fourth-order valence-electron chi connectivity index (χ4n) is 2.91. The molecule has 1 aliphatic heterocycles. The maximum Gasteiger partial charge on any atom is 0.237 e. The number of rotatable bonds is 8. The van der Waals surface area contributed by atoms with Gasteiger partial charge in [-0.05, 0) is 44.5 Å². The molecule has 0 spiro atoms. The zero-order valence-electron chi connectivity index (χ0n) is 15.9. The summed E-state index contributed by atoms with van der Waals surface area (Å²) < 4.78 is 11.0. The third-order valence-electron chi connectivity index (χ3n) is 4.07. The van der Waals surface area contributed by atoms with E-state index in [1.54, 1.807) is 11.8 Å². The molecule has 0 radical (unpaired) electrons.